The van der Waals surface area contributed by atoms with Gasteiger partial charge in [-0.25, -0.2) is 5.10 Å². The van der Waals surface area contributed by atoms with E-state index >= 15 is 0 Å². The lowest BCUT2D eigenvalue weighted by Crippen LogP contribution is -2.41. The Morgan fingerprint density at radius 2 is 2.10 bits per heavy atom. The third-order valence-corrected chi connectivity index (χ3v) is 3.30. The second-order valence-electron chi connectivity index (χ2n) is 4.62. The molecule has 7 heteroatoms. The van der Waals surface area contributed by atoms with E-state index in [1.807, 2.05) is 0 Å². The Morgan fingerprint density at radius 3 is 2.65 bits per heavy atom. The Bertz CT molecular complexity index is 526. The van der Waals surface area contributed by atoms with Crippen LogP contribution in [0.4, 0.5) is 0 Å². The minimum absolute atomic E-state index is 0.137. The number of H-pyrrole nitrogens is 1. The fourth-order valence-corrected chi connectivity index (χ4v) is 2.20. The summed E-state index contributed by atoms with van der Waals surface area (Å²) >= 11 is 0. The van der Waals surface area contributed by atoms with E-state index < -0.39 is 0 Å². The summed E-state index contributed by atoms with van der Waals surface area (Å²) in [4.78, 5) is 36.3. The number of hydrogen-bond donors (Lipinski definition) is 1. The number of nitrogens with one attached hydrogen (secondary N) is 1. The lowest BCUT2D eigenvalue weighted by molar-refractivity contribution is -0.149. The number of piperidine rings is 1. The summed E-state index contributed by atoms with van der Waals surface area (Å²) < 4.78 is 4.98. The Balaban J connectivity index is 1.93. The van der Waals surface area contributed by atoms with E-state index in [0.29, 0.717) is 32.5 Å². The fraction of sp³-hybridized carbons (Fsp3) is 0.538. The predicted molar refractivity (Wildman–Crippen MR) is 70.1 cm³/mol. The largest absolute Gasteiger partial charge is 0.466 e. The van der Waals surface area contributed by atoms with Crippen molar-refractivity contribution in [3.05, 3.63) is 28.2 Å². The molecule has 1 N–H and O–H groups in total. The summed E-state index contributed by atoms with van der Waals surface area (Å²) in [6.45, 7) is 3.13. The van der Waals surface area contributed by atoms with Crippen molar-refractivity contribution in [2.45, 2.75) is 19.8 Å². The molecule has 2 rings (SSSR count). The average Bonchev–Trinajstić information content (AvgIpc) is 2.48. The quantitative estimate of drug-likeness (QED) is 0.797. The van der Waals surface area contributed by atoms with Crippen LogP contribution in [0.1, 0.15) is 30.3 Å². The second kappa shape index (κ2) is 6.31. The molecule has 0 saturated carbocycles. The zero-order valence-corrected chi connectivity index (χ0v) is 11.3. The van der Waals surface area contributed by atoms with Gasteiger partial charge in [0.2, 0.25) is 0 Å². The van der Waals surface area contributed by atoms with Crippen molar-refractivity contribution in [1.82, 2.24) is 15.1 Å². The highest BCUT2D eigenvalue weighted by atomic mass is 16.5. The van der Waals surface area contributed by atoms with Crippen molar-refractivity contribution in [3.63, 3.8) is 0 Å². The molecule has 1 saturated heterocycles. The van der Waals surface area contributed by atoms with Gasteiger partial charge in [0, 0.05) is 19.2 Å². The minimum Gasteiger partial charge on any atom is -0.466 e. The van der Waals surface area contributed by atoms with Crippen LogP contribution in [0.15, 0.2) is 16.9 Å². The van der Waals surface area contributed by atoms with Gasteiger partial charge in [-0.3, -0.25) is 14.4 Å². The first-order valence-electron chi connectivity index (χ1n) is 6.63. The molecule has 0 aliphatic carbocycles. The number of rotatable bonds is 3. The van der Waals surface area contributed by atoms with Gasteiger partial charge in [0.15, 0.2) is 0 Å². The van der Waals surface area contributed by atoms with Crippen LogP contribution in [-0.4, -0.2) is 46.7 Å². The summed E-state index contributed by atoms with van der Waals surface area (Å²) in [5.74, 6) is -0.562. The Kier molecular flexibility index (Phi) is 4.49. The van der Waals surface area contributed by atoms with Gasteiger partial charge in [0.1, 0.15) is 5.69 Å². The molecule has 1 amide bonds. The van der Waals surface area contributed by atoms with Crippen LogP contribution < -0.4 is 5.56 Å². The van der Waals surface area contributed by atoms with E-state index in [9.17, 15) is 14.4 Å². The molecule has 0 atom stereocenters. The molecule has 1 aliphatic heterocycles. The van der Waals surface area contributed by atoms with Crippen molar-refractivity contribution < 1.29 is 14.3 Å². The SMILES string of the molecule is CCOC(=O)C1CCN(C(=O)c2ccc(=O)[nH]n2)CC1. The molecule has 1 fully saturated rings. The minimum atomic E-state index is -0.345. The van der Waals surface area contributed by atoms with E-state index in [4.69, 9.17) is 4.74 Å². The van der Waals surface area contributed by atoms with Crippen LogP contribution in [0.5, 0.6) is 0 Å². The number of aromatic nitrogens is 2. The van der Waals surface area contributed by atoms with Gasteiger partial charge in [0.25, 0.3) is 11.5 Å². The number of esters is 1. The van der Waals surface area contributed by atoms with Crippen LogP contribution in [0.3, 0.4) is 0 Å². The molecule has 0 bridgehead atoms. The zero-order valence-electron chi connectivity index (χ0n) is 11.3. The smallest absolute Gasteiger partial charge is 0.309 e. The number of hydrogen-bond acceptors (Lipinski definition) is 5. The van der Waals surface area contributed by atoms with E-state index in [1.54, 1.807) is 11.8 Å². The first-order valence-corrected chi connectivity index (χ1v) is 6.63. The number of likely N-dealkylation sites (tertiary alicyclic amines) is 1. The van der Waals surface area contributed by atoms with Crippen molar-refractivity contribution in [1.29, 1.82) is 0 Å². The van der Waals surface area contributed by atoms with E-state index in [-0.39, 0.29) is 29.0 Å². The molecule has 0 radical (unpaired) electrons. The molecule has 0 spiro atoms. The number of carbonyl (C=O) groups is 2. The summed E-state index contributed by atoms with van der Waals surface area (Å²) in [7, 11) is 0. The summed E-state index contributed by atoms with van der Waals surface area (Å²) in [5.41, 5.74) is -0.137. The lowest BCUT2D eigenvalue weighted by Gasteiger charge is -2.30. The highest BCUT2D eigenvalue weighted by Gasteiger charge is 2.29. The van der Waals surface area contributed by atoms with E-state index in [2.05, 4.69) is 10.2 Å². The van der Waals surface area contributed by atoms with Crippen LogP contribution in [-0.2, 0) is 9.53 Å². The van der Waals surface area contributed by atoms with Crippen LogP contribution in [0, 0.1) is 5.92 Å². The molecular formula is C13H17N3O4. The molecule has 0 aromatic carbocycles. The number of ether oxygens (including phenoxy) is 1. The van der Waals surface area contributed by atoms with Gasteiger partial charge in [-0.15, -0.1) is 0 Å². The van der Waals surface area contributed by atoms with E-state index in [0.717, 1.165) is 0 Å². The van der Waals surface area contributed by atoms with Gasteiger partial charge >= 0.3 is 5.97 Å². The fourth-order valence-electron chi connectivity index (χ4n) is 2.20. The molecule has 0 unspecified atom stereocenters. The highest BCUT2D eigenvalue weighted by molar-refractivity contribution is 5.92. The van der Waals surface area contributed by atoms with Crippen molar-refractivity contribution in [3.8, 4) is 0 Å². The Labute approximate surface area is 115 Å². The van der Waals surface area contributed by atoms with Gasteiger partial charge in [-0.2, -0.15) is 5.10 Å². The summed E-state index contributed by atoms with van der Waals surface area (Å²) in [5, 5.41) is 5.95. The van der Waals surface area contributed by atoms with E-state index in [1.165, 1.54) is 12.1 Å². The standard InChI is InChI=1S/C13H17N3O4/c1-2-20-13(19)9-5-7-16(8-6-9)12(18)10-3-4-11(17)15-14-10/h3-4,9H,2,5-8H2,1H3,(H,15,17). The number of amides is 1. The summed E-state index contributed by atoms with van der Waals surface area (Å²) in [6.07, 6.45) is 1.18. The average molecular weight is 279 g/mol. The zero-order chi connectivity index (χ0) is 14.5. The van der Waals surface area contributed by atoms with Crippen LogP contribution in [0.25, 0.3) is 0 Å². The maximum Gasteiger partial charge on any atom is 0.309 e. The molecule has 2 heterocycles. The first kappa shape index (κ1) is 14.2. The molecule has 108 valence electrons. The Hall–Kier alpha value is -2.18. The van der Waals surface area contributed by atoms with Crippen LogP contribution >= 0.6 is 0 Å². The molecule has 1 aromatic heterocycles. The lowest BCUT2D eigenvalue weighted by atomic mass is 9.97. The predicted octanol–water partition coefficient (Wildman–Crippen LogP) is 0.185. The number of carbonyl (C=O) groups excluding carboxylic acids is 2. The first-order chi connectivity index (χ1) is 9.61. The van der Waals surface area contributed by atoms with Gasteiger partial charge in [0.05, 0.1) is 12.5 Å². The number of aromatic amines is 1. The second-order valence-corrected chi connectivity index (χ2v) is 4.62. The molecule has 20 heavy (non-hydrogen) atoms. The van der Waals surface area contributed by atoms with Crippen molar-refractivity contribution in [2.24, 2.45) is 5.92 Å². The Morgan fingerprint density at radius 1 is 1.40 bits per heavy atom. The highest BCUT2D eigenvalue weighted by Crippen LogP contribution is 2.19. The molecular weight excluding hydrogens is 262 g/mol. The maximum atomic E-state index is 12.1. The van der Waals surface area contributed by atoms with Crippen LogP contribution in [0.2, 0.25) is 0 Å². The topological polar surface area (TPSA) is 92.4 Å². The molecule has 7 nitrogen and oxygen atoms in total. The maximum absolute atomic E-state index is 12.1. The summed E-state index contributed by atoms with van der Waals surface area (Å²) in [6, 6.07) is 2.67. The third kappa shape index (κ3) is 3.23. The van der Waals surface area contributed by atoms with Crippen molar-refractivity contribution >= 4 is 11.9 Å². The number of nitrogens with zero attached hydrogens (tertiary/aromatic N) is 2. The van der Waals surface area contributed by atoms with Crippen molar-refractivity contribution in [2.75, 3.05) is 19.7 Å². The third-order valence-electron chi connectivity index (χ3n) is 3.30. The normalized spacial score (nSPS) is 15.9. The van der Waals surface area contributed by atoms with Gasteiger partial charge in [-0.1, -0.05) is 0 Å². The monoisotopic (exact) mass is 279 g/mol. The van der Waals surface area contributed by atoms with Gasteiger partial charge in [-0.05, 0) is 25.8 Å². The molecule has 1 aliphatic rings. The molecule has 1 aromatic rings. The van der Waals surface area contributed by atoms with Gasteiger partial charge < -0.3 is 9.64 Å².